The molecule has 31 heavy (non-hydrogen) atoms. The van der Waals surface area contributed by atoms with E-state index in [4.69, 9.17) is 21.7 Å². The van der Waals surface area contributed by atoms with E-state index >= 15 is 0 Å². The van der Waals surface area contributed by atoms with E-state index < -0.39 is 12.0 Å². The van der Waals surface area contributed by atoms with Crippen molar-refractivity contribution in [3.05, 3.63) is 63.5 Å². The minimum absolute atomic E-state index is 0.0996. The van der Waals surface area contributed by atoms with Gasteiger partial charge in [0.15, 0.2) is 5.11 Å². The van der Waals surface area contributed by atoms with E-state index in [0.717, 1.165) is 10.4 Å². The molecule has 1 aromatic carbocycles. The van der Waals surface area contributed by atoms with Gasteiger partial charge in [0, 0.05) is 30.4 Å². The highest BCUT2D eigenvalue weighted by Gasteiger charge is 2.33. The number of esters is 1. The number of nitrogens with zero attached hydrogens (tertiary/aromatic N) is 1. The van der Waals surface area contributed by atoms with Crippen LogP contribution in [-0.2, 0) is 25.5 Å². The summed E-state index contributed by atoms with van der Waals surface area (Å²) in [5.41, 5.74) is 2.62. The molecular formula is C22H25N3O4S2. The summed E-state index contributed by atoms with van der Waals surface area (Å²) in [6.45, 7) is 2.31. The number of thiophene rings is 1. The average Bonchev–Trinajstić information content (AvgIpc) is 3.24. The van der Waals surface area contributed by atoms with Crippen LogP contribution in [0.5, 0.6) is 0 Å². The maximum Gasteiger partial charge on any atom is 0.338 e. The highest BCUT2D eigenvalue weighted by molar-refractivity contribution is 7.80. The molecule has 3 rings (SSSR count). The summed E-state index contributed by atoms with van der Waals surface area (Å²) in [6, 6.07) is 10.7. The largest absolute Gasteiger partial charge is 0.460 e. The molecule has 1 amide bonds. The number of ether oxygens (including phenoxy) is 2. The molecule has 7 nitrogen and oxygen atoms in total. The Kier molecular flexibility index (Phi) is 7.78. The first kappa shape index (κ1) is 22.9. The van der Waals surface area contributed by atoms with Crippen molar-refractivity contribution in [2.75, 3.05) is 32.7 Å². The second-order valence-corrected chi connectivity index (χ2v) is 8.42. The lowest BCUT2D eigenvalue weighted by atomic mass is 9.95. The first-order valence-electron chi connectivity index (χ1n) is 9.74. The molecule has 0 saturated heterocycles. The number of carbonyl (C=O) groups is 2. The molecule has 0 aliphatic carbocycles. The lowest BCUT2D eigenvalue weighted by Gasteiger charge is -2.35. The number of hydrogen-bond donors (Lipinski definition) is 2. The first-order valence-corrected chi connectivity index (χ1v) is 11.0. The van der Waals surface area contributed by atoms with Gasteiger partial charge in [-0.05, 0) is 48.3 Å². The molecule has 1 aliphatic rings. The first-order chi connectivity index (χ1) is 14.9. The normalized spacial score (nSPS) is 16.2. The SMILES string of the molecule is COCCOC(=O)C1=C(C)N(C)C(=S)NC1c1cccc(NC(=O)Cc2cccs2)c1. The van der Waals surface area contributed by atoms with Gasteiger partial charge in [-0.25, -0.2) is 4.79 Å². The van der Waals surface area contributed by atoms with Crippen LogP contribution in [-0.4, -0.2) is 49.3 Å². The van der Waals surface area contributed by atoms with Gasteiger partial charge >= 0.3 is 5.97 Å². The van der Waals surface area contributed by atoms with Crippen LogP contribution >= 0.6 is 23.6 Å². The zero-order chi connectivity index (χ0) is 22.4. The number of carbonyl (C=O) groups excluding carboxylic acids is 2. The van der Waals surface area contributed by atoms with Gasteiger partial charge in [-0.1, -0.05) is 18.2 Å². The topological polar surface area (TPSA) is 79.9 Å². The van der Waals surface area contributed by atoms with Gasteiger partial charge in [-0.3, -0.25) is 4.79 Å². The quantitative estimate of drug-likeness (QED) is 0.356. The van der Waals surface area contributed by atoms with Crippen LogP contribution in [0.4, 0.5) is 5.69 Å². The van der Waals surface area contributed by atoms with E-state index in [1.54, 1.807) is 30.4 Å². The monoisotopic (exact) mass is 459 g/mol. The molecule has 0 spiro atoms. The Morgan fingerprint density at radius 1 is 1.26 bits per heavy atom. The molecule has 2 aromatic rings. The molecule has 1 unspecified atom stereocenters. The molecule has 0 saturated carbocycles. The summed E-state index contributed by atoms with van der Waals surface area (Å²) in [6.07, 6.45) is 0.314. The molecule has 1 atom stereocenters. The summed E-state index contributed by atoms with van der Waals surface area (Å²) in [5, 5.41) is 8.58. The van der Waals surface area contributed by atoms with Crippen LogP contribution in [0, 0.1) is 0 Å². The molecule has 2 heterocycles. The molecule has 164 valence electrons. The highest BCUT2D eigenvalue weighted by atomic mass is 32.1. The number of hydrogen-bond acceptors (Lipinski definition) is 6. The number of thiocarbonyl (C=S) groups is 1. The number of allylic oxidation sites excluding steroid dienone is 1. The zero-order valence-electron chi connectivity index (χ0n) is 17.6. The Morgan fingerprint density at radius 3 is 2.77 bits per heavy atom. The van der Waals surface area contributed by atoms with Gasteiger partial charge in [0.2, 0.25) is 5.91 Å². The molecule has 2 N–H and O–H groups in total. The zero-order valence-corrected chi connectivity index (χ0v) is 19.3. The number of rotatable bonds is 8. The predicted octanol–water partition coefficient (Wildman–Crippen LogP) is 3.25. The molecule has 1 aliphatic heterocycles. The Hall–Kier alpha value is -2.75. The number of nitrogens with one attached hydrogen (secondary N) is 2. The Bertz CT molecular complexity index is 988. The third kappa shape index (κ3) is 5.69. The minimum atomic E-state index is -0.493. The van der Waals surface area contributed by atoms with E-state index in [-0.39, 0.29) is 12.5 Å². The molecule has 0 fully saturated rings. The van der Waals surface area contributed by atoms with E-state index in [0.29, 0.717) is 35.1 Å². The number of methoxy groups -OCH3 is 1. The van der Waals surface area contributed by atoms with Crippen molar-refractivity contribution in [1.82, 2.24) is 10.2 Å². The molecular weight excluding hydrogens is 434 g/mol. The molecule has 9 heteroatoms. The van der Waals surface area contributed by atoms with Crippen LogP contribution in [0.1, 0.15) is 23.4 Å². The van der Waals surface area contributed by atoms with Crippen molar-refractivity contribution in [3.63, 3.8) is 0 Å². The fourth-order valence-electron chi connectivity index (χ4n) is 3.22. The van der Waals surface area contributed by atoms with Crippen LogP contribution < -0.4 is 10.6 Å². The van der Waals surface area contributed by atoms with Crippen LogP contribution in [0.2, 0.25) is 0 Å². The summed E-state index contributed by atoms with van der Waals surface area (Å²) < 4.78 is 10.3. The Balaban J connectivity index is 1.83. The number of anilines is 1. The van der Waals surface area contributed by atoms with Gasteiger partial charge in [0.25, 0.3) is 0 Å². The average molecular weight is 460 g/mol. The van der Waals surface area contributed by atoms with Gasteiger partial charge in [-0.15, -0.1) is 11.3 Å². The van der Waals surface area contributed by atoms with E-state index in [1.807, 2.05) is 48.7 Å². The maximum absolute atomic E-state index is 12.8. The Labute approximate surface area is 191 Å². The standard InChI is InChI=1S/C22H25N3O4S2/c1-14-19(21(27)29-10-9-28-3)20(24-22(30)25(14)2)15-6-4-7-16(12-15)23-18(26)13-17-8-5-11-31-17/h4-8,11-12,20H,9-10,13H2,1-3H3,(H,23,26)(H,24,30). The van der Waals surface area contributed by atoms with Crippen LogP contribution in [0.15, 0.2) is 53.0 Å². The Morgan fingerprint density at radius 2 is 2.06 bits per heavy atom. The van der Waals surface area contributed by atoms with Gasteiger partial charge < -0.3 is 25.0 Å². The third-order valence-corrected chi connectivity index (χ3v) is 6.18. The fraction of sp³-hybridized carbons (Fsp3) is 0.318. The smallest absolute Gasteiger partial charge is 0.338 e. The lowest BCUT2D eigenvalue weighted by Crippen LogP contribution is -2.46. The van der Waals surface area contributed by atoms with Crippen molar-refractivity contribution < 1.29 is 19.1 Å². The van der Waals surface area contributed by atoms with Gasteiger partial charge in [0.1, 0.15) is 6.61 Å². The summed E-state index contributed by atoms with van der Waals surface area (Å²) in [4.78, 5) is 28.0. The maximum atomic E-state index is 12.8. The number of benzene rings is 1. The molecule has 0 bridgehead atoms. The van der Waals surface area contributed by atoms with Gasteiger partial charge in [-0.2, -0.15) is 0 Å². The van der Waals surface area contributed by atoms with Crippen LogP contribution in [0.25, 0.3) is 0 Å². The lowest BCUT2D eigenvalue weighted by molar-refractivity contribution is -0.140. The predicted molar refractivity (Wildman–Crippen MR) is 125 cm³/mol. The fourth-order valence-corrected chi connectivity index (χ4v) is 4.18. The van der Waals surface area contributed by atoms with E-state index in [1.165, 1.54) is 0 Å². The second kappa shape index (κ2) is 10.5. The second-order valence-electron chi connectivity index (χ2n) is 7.00. The van der Waals surface area contributed by atoms with Crippen molar-refractivity contribution in [2.45, 2.75) is 19.4 Å². The van der Waals surface area contributed by atoms with E-state index in [2.05, 4.69) is 10.6 Å². The van der Waals surface area contributed by atoms with Crippen LogP contribution in [0.3, 0.4) is 0 Å². The summed E-state index contributed by atoms with van der Waals surface area (Å²) >= 11 is 6.98. The molecule has 0 radical (unpaired) electrons. The van der Waals surface area contributed by atoms with Crippen molar-refractivity contribution >= 4 is 46.2 Å². The third-order valence-electron chi connectivity index (χ3n) is 4.91. The van der Waals surface area contributed by atoms with E-state index in [9.17, 15) is 9.59 Å². The van der Waals surface area contributed by atoms with Crippen molar-refractivity contribution in [1.29, 1.82) is 0 Å². The number of amides is 1. The summed E-state index contributed by atoms with van der Waals surface area (Å²) in [7, 11) is 3.35. The van der Waals surface area contributed by atoms with Crippen molar-refractivity contribution in [2.24, 2.45) is 0 Å². The highest BCUT2D eigenvalue weighted by Crippen LogP contribution is 2.32. The van der Waals surface area contributed by atoms with Crippen molar-refractivity contribution in [3.8, 4) is 0 Å². The summed E-state index contributed by atoms with van der Waals surface area (Å²) in [5.74, 6) is -0.536. The molecule has 1 aromatic heterocycles. The van der Waals surface area contributed by atoms with Gasteiger partial charge in [0.05, 0.1) is 24.6 Å². The minimum Gasteiger partial charge on any atom is -0.460 e.